The molecule has 0 aliphatic carbocycles. The number of amides is 1. The van der Waals surface area contributed by atoms with Crippen LogP contribution in [-0.4, -0.2) is 53.2 Å². The van der Waals surface area contributed by atoms with E-state index in [0.29, 0.717) is 18.8 Å². The summed E-state index contributed by atoms with van der Waals surface area (Å²) in [5.41, 5.74) is 0.771. The zero-order valence-electron chi connectivity index (χ0n) is 11.9. The number of nitrogens with zero attached hydrogens (tertiary/aromatic N) is 2. The molecule has 1 saturated heterocycles. The summed E-state index contributed by atoms with van der Waals surface area (Å²) in [6, 6.07) is 3.48. The Morgan fingerprint density at radius 1 is 1.43 bits per heavy atom. The molecule has 1 aromatic rings. The molecule has 0 unspecified atom stereocenters. The highest BCUT2D eigenvalue weighted by Gasteiger charge is 2.25. The average molecular weight is 290 g/mol. The van der Waals surface area contributed by atoms with Gasteiger partial charge in [0.15, 0.2) is 0 Å². The van der Waals surface area contributed by atoms with Crippen LogP contribution in [0.1, 0.15) is 28.9 Å². The van der Waals surface area contributed by atoms with Crippen LogP contribution in [0.2, 0.25) is 0 Å². The lowest BCUT2D eigenvalue weighted by atomic mass is 10.1. The van der Waals surface area contributed by atoms with Crippen LogP contribution in [0, 0.1) is 0 Å². The van der Waals surface area contributed by atoms with Crippen molar-refractivity contribution in [3.63, 3.8) is 0 Å². The van der Waals surface area contributed by atoms with Crippen LogP contribution in [0.5, 0.6) is 0 Å². The van der Waals surface area contributed by atoms with E-state index in [1.165, 1.54) is 12.3 Å². The molecule has 0 radical (unpaired) electrons. The molecular formula is C15H18N2O4. The highest BCUT2D eigenvalue weighted by Crippen LogP contribution is 2.17. The summed E-state index contributed by atoms with van der Waals surface area (Å²) in [7, 11) is 1.75. The largest absolute Gasteiger partial charge is 0.478 e. The lowest BCUT2D eigenvalue weighted by Gasteiger charge is -2.31. The molecule has 0 aromatic carbocycles. The molecule has 0 atom stereocenters. The molecule has 112 valence electrons. The van der Waals surface area contributed by atoms with E-state index in [-0.39, 0.29) is 17.6 Å². The summed E-state index contributed by atoms with van der Waals surface area (Å²) >= 11 is 0. The molecule has 6 heteroatoms. The van der Waals surface area contributed by atoms with Crippen molar-refractivity contribution >= 4 is 18.0 Å². The highest BCUT2D eigenvalue weighted by molar-refractivity contribution is 5.97. The molecular weight excluding hydrogens is 272 g/mol. The number of carbonyl (C=O) groups is 2. The number of pyridine rings is 1. The molecule has 1 fully saturated rings. The molecule has 0 saturated carbocycles. The van der Waals surface area contributed by atoms with Gasteiger partial charge >= 0.3 is 5.97 Å². The molecule has 2 heterocycles. The van der Waals surface area contributed by atoms with Crippen LogP contribution in [0.4, 0.5) is 0 Å². The van der Waals surface area contributed by atoms with Crippen molar-refractivity contribution in [3.8, 4) is 0 Å². The van der Waals surface area contributed by atoms with Crippen LogP contribution < -0.4 is 0 Å². The first-order valence-corrected chi connectivity index (χ1v) is 6.80. The van der Waals surface area contributed by atoms with Crippen LogP contribution in [0.25, 0.3) is 6.08 Å². The Labute approximate surface area is 123 Å². The number of carboxylic acid groups (broad SMARTS) is 1. The number of aliphatic carboxylic acids is 1. The fourth-order valence-electron chi connectivity index (χ4n) is 2.30. The number of carbonyl (C=O) groups excluding carboxylic acids is 1. The van der Waals surface area contributed by atoms with Crippen LogP contribution >= 0.6 is 0 Å². The van der Waals surface area contributed by atoms with E-state index >= 15 is 0 Å². The standard InChI is InChI=1S/C15H18N2O4/c1-17(12-6-9-21-10-7-12)15(20)14-11(3-2-8-16-14)4-5-13(18)19/h2-5,8,12H,6-7,9-10H2,1H3,(H,18,19)/b5-4+. The Morgan fingerprint density at radius 3 is 2.81 bits per heavy atom. The first kappa shape index (κ1) is 15.2. The molecule has 0 bridgehead atoms. The van der Waals surface area contributed by atoms with Crippen LogP contribution in [0.3, 0.4) is 0 Å². The van der Waals surface area contributed by atoms with Gasteiger partial charge in [-0.2, -0.15) is 0 Å². The van der Waals surface area contributed by atoms with Gasteiger partial charge in [-0.3, -0.25) is 9.78 Å². The molecule has 1 aliphatic rings. The SMILES string of the molecule is CN(C(=O)c1ncccc1/C=C/C(=O)O)C1CCOCC1. The number of hydrogen-bond donors (Lipinski definition) is 1. The van der Waals surface area contributed by atoms with Crippen molar-refractivity contribution in [1.29, 1.82) is 0 Å². The van der Waals surface area contributed by atoms with Gasteiger partial charge in [0, 0.05) is 44.1 Å². The smallest absolute Gasteiger partial charge is 0.328 e. The van der Waals surface area contributed by atoms with Gasteiger partial charge in [-0.15, -0.1) is 0 Å². The Bertz CT molecular complexity index is 550. The Morgan fingerprint density at radius 2 is 2.14 bits per heavy atom. The van der Waals surface area contributed by atoms with E-state index in [9.17, 15) is 9.59 Å². The first-order valence-electron chi connectivity index (χ1n) is 6.80. The lowest BCUT2D eigenvalue weighted by Crippen LogP contribution is -2.41. The third kappa shape index (κ3) is 3.88. The van der Waals surface area contributed by atoms with E-state index in [4.69, 9.17) is 9.84 Å². The van der Waals surface area contributed by atoms with Gasteiger partial charge in [0.1, 0.15) is 5.69 Å². The molecule has 2 rings (SSSR count). The van der Waals surface area contributed by atoms with Gasteiger partial charge in [-0.25, -0.2) is 4.79 Å². The monoisotopic (exact) mass is 290 g/mol. The Balaban J connectivity index is 2.20. The van der Waals surface area contributed by atoms with Crippen molar-refractivity contribution in [2.75, 3.05) is 20.3 Å². The number of ether oxygens (including phenoxy) is 1. The second-order valence-corrected chi connectivity index (χ2v) is 4.87. The fourth-order valence-corrected chi connectivity index (χ4v) is 2.30. The highest BCUT2D eigenvalue weighted by atomic mass is 16.5. The van der Waals surface area contributed by atoms with E-state index in [1.54, 1.807) is 24.1 Å². The van der Waals surface area contributed by atoms with Crippen molar-refractivity contribution in [2.45, 2.75) is 18.9 Å². The maximum atomic E-state index is 12.6. The van der Waals surface area contributed by atoms with E-state index in [1.807, 2.05) is 0 Å². The van der Waals surface area contributed by atoms with Crippen molar-refractivity contribution in [3.05, 3.63) is 35.7 Å². The van der Waals surface area contributed by atoms with Crippen molar-refractivity contribution in [2.24, 2.45) is 0 Å². The molecule has 1 aromatic heterocycles. The maximum absolute atomic E-state index is 12.6. The maximum Gasteiger partial charge on any atom is 0.328 e. The van der Waals surface area contributed by atoms with E-state index < -0.39 is 5.97 Å². The second kappa shape index (κ2) is 6.99. The number of aromatic nitrogens is 1. The molecule has 1 N–H and O–H groups in total. The fraction of sp³-hybridized carbons (Fsp3) is 0.400. The molecule has 1 amide bonds. The number of carboxylic acids is 1. The summed E-state index contributed by atoms with van der Waals surface area (Å²) in [6.45, 7) is 1.30. The summed E-state index contributed by atoms with van der Waals surface area (Å²) in [6.07, 6.45) is 5.52. The summed E-state index contributed by atoms with van der Waals surface area (Å²) in [5, 5.41) is 8.70. The zero-order chi connectivity index (χ0) is 15.2. The van der Waals surface area contributed by atoms with E-state index in [2.05, 4.69) is 4.98 Å². The van der Waals surface area contributed by atoms with Gasteiger partial charge in [-0.05, 0) is 25.0 Å². The van der Waals surface area contributed by atoms with Gasteiger partial charge in [0.05, 0.1) is 0 Å². The summed E-state index contributed by atoms with van der Waals surface area (Å²) in [5.74, 6) is -1.26. The molecule has 21 heavy (non-hydrogen) atoms. The summed E-state index contributed by atoms with van der Waals surface area (Å²) < 4.78 is 5.29. The van der Waals surface area contributed by atoms with Gasteiger partial charge < -0.3 is 14.7 Å². The topological polar surface area (TPSA) is 79.7 Å². The number of rotatable bonds is 4. The average Bonchev–Trinajstić information content (AvgIpc) is 2.52. The van der Waals surface area contributed by atoms with Gasteiger partial charge in [0.25, 0.3) is 5.91 Å². The van der Waals surface area contributed by atoms with Gasteiger partial charge in [-0.1, -0.05) is 6.07 Å². The minimum Gasteiger partial charge on any atom is -0.478 e. The minimum atomic E-state index is -1.06. The van der Waals surface area contributed by atoms with Gasteiger partial charge in [0.2, 0.25) is 0 Å². The van der Waals surface area contributed by atoms with Crippen LogP contribution in [0.15, 0.2) is 24.4 Å². The van der Waals surface area contributed by atoms with E-state index in [0.717, 1.165) is 18.9 Å². The van der Waals surface area contributed by atoms with Crippen molar-refractivity contribution in [1.82, 2.24) is 9.88 Å². The third-order valence-corrected chi connectivity index (χ3v) is 3.51. The minimum absolute atomic E-state index is 0.129. The zero-order valence-corrected chi connectivity index (χ0v) is 11.9. The normalized spacial score (nSPS) is 16.0. The predicted octanol–water partition coefficient (Wildman–Crippen LogP) is 1.43. The quantitative estimate of drug-likeness (QED) is 0.849. The van der Waals surface area contributed by atoms with Crippen LogP contribution in [-0.2, 0) is 9.53 Å². The first-order chi connectivity index (χ1) is 10.1. The predicted molar refractivity (Wildman–Crippen MR) is 76.8 cm³/mol. The van der Waals surface area contributed by atoms with Crippen molar-refractivity contribution < 1.29 is 19.4 Å². The third-order valence-electron chi connectivity index (χ3n) is 3.51. The second-order valence-electron chi connectivity index (χ2n) is 4.87. The molecule has 6 nitrogen and oxygen atoms in total. The Kier molecular flexibility index (Phi) is 5.05. The molecule has 0 spiro atoms. The number of hydrogen-bond acceptors (Lipinski definition) is 4. The Hall–Kier alpha value is -2.21. The summed E-state index contributed by atoms with van der Waals surface area (Å²) in [4.78, 5) is 28.9. The molecule has 1 aliphatic heterocycles. The lowest BCUT2D eigenvalue weighted by molar-refractivity contribution is -0.131.